The fourth-order valence-electron chi connectivity index (χ4n) is 4.65. The summed E-state index contributed by atoms with van der Waals surface area (Å²) in [5, 5.41) is 13.3. The van der Waals surface area contributed by atoms with E-state index in [1.807, 2.05) is 74.8 Å². The van der Waals surface area contributed by atoms with Crippen LogP contribution in [-0.4, -0.2) is 53.8 Å². The van der Waals surface area contributed by atoms with Crippen LogP contribution in [0.15, 0.2) is 72.3 Å². The number of aliphatic hydroxyl groups excluding tert-OH is 1. The summed E-state index contributed by atoms with van der Waals surface area (Å²) < 4.78 is 0. The predicted molar refractivity (Wildman–Crippen MR) is 137 cm³/mol. The van der Waals surface area contributed by atoms with Gasteiger partial charge in [0.25, 0.3) is 11.7 Å². The summed E-state index contributed by atoms with van der Waals surface area (Å²) in [5.74, 6) is -0.939. The van der Waals surface area contributed by atoms with Crippen LogP contribution < -0.4 is 0 Å². The maximum Gasteiger partial charge on any atom is 0.295 e. The highest BCUT2D eigenvalue weighted by Crippen LogP contribution is 2.40. The number of aliphatic hydroxyl groups is 1. The van der Waals surface area contributed by atoms with E-state index in [4.69, 9.17) is 0 Å². The predicted octanol–water partition coefficient (Wildman–Crippen LogP) is 5.34. The van der Waals surface area contributed by atoms with Crippen LogP contribution >= 0.6 is 0 Å². The lowest BCUT2D eigenvalue weighted by Gasteiger charge is -2.26. The zero-order valence-electron chi connectivity index (χ0n) is 20.3. The molecule has 1 saturated heterocycles. The lowest BCUT2D eigenvalue weighted by molar-refractivity contribution is -0.139. The third-order valence-electron chi connectivity index (χ3n) is 6.51. The molecule has 34 heavy (non-hydrogen) atoms. The summed E-state index contributed by atoms with van der Waals surface area (Å²) in [4.78, 5) is 30.1. The van der Waals surface area contributed by atoms with Crippen molar-refractivity contribution in [2.45, 2.75) is 32.2 Å². The first-order chi connectivity index (χ1) is 16.3. The van der Waals surface area contributed by atoms with Crippen LogP contribution in [-0.2, 0) is 9.59 Å². The van der Waals surface area contributed by atoms with Gasteiger partial charge in [-0.1, -0.05) is 80.6 Å². The Hall–Kier alpha value is -3.44. The summed E-state index contributed by atoms with van der Waals surface area (Å²) in [6.45, 7) is 5.49. The van der Waals surface area contributed by atoms with Gasteiger partial charge in [-0.25, -0.2) is 0 Å². The topological polar surface area (TPSA) is 60.9 Å². The molecule has 3 aromatic carbocycles. The number of amides is 1. The molecule has 1 amide bonds. The second-order valence-electron chi connectivity index (χ2n) is 9.50. The number of likely N-dealkylation sites (tertiary alicyclic amines) is 1. The molecule has 3 aromatic rings. The van der Waals surface area contributed by atoms with Crippen molar-refractivity contribution >= 4 is 28.2 Å². The fourth-order valence-corrected chi connectivity index (χ4v) is 4.65. The average molecular weight is 457 g/mol. The first-order valence-electron chi connectivity index (χ1n) is 11.8. The van der Waals surface area contributed by atoms with E-state index in [0.29, 0.717) is 18.0 Å². The van der Waals surface area contributed by atoms with Crippen LogP contribution in [0.4, 0.5) is 0 Å². The molecule has 176 valence electrons. The lowest BCUT2D eigenvalue weighted by Crippen LogP contribution is -2.32. The third kappa shape index (κ3) is 4.48. The number of carbonyl (C=O) groups excluding carboxylic acids is 2. The third-order valence-corrected chi connectivity index (χ3v) is 6.51. The monoisotopic (exact) mass is 456 g/mol. The zero-order chi connectivity index (χ0) is 24.4. The maximum atomic E-state index is 13.3. The van der Waals surface area contributed by atoms with Crippen LogP contribution in [0.2, 0.25) is 0 Å². The van der Waals surface area contributed by atoms with Crippen molar-refractivity contribution in [3.05, 3.63) is 89.0 Å². The molecule has 5 heteroatoms. The highest BCUT2D eigenvalue weighted by molar-refractivity contribution is 6.46. The molecule has 5 nitrogen and oxygen atoms in total. The standard InChI is InChI=1S/C29H32N2O3/c1-19(2)20-13-15-22(16-14-20)26-25(28(33)29(34)31(26)18-8-17-30(3)4)27(32)24-12-7-10-21-9-5-6-11-23(21)24/h5-7,9-16,19,26,32H,8,17-18H2,1-4H3/b27-25-. The van der Waals surface area contributed by atoms with E-state index in [2.05, 4.69) is 18.7 Å². The van der Waals surface area contributed by atoms with E-state index in [1.165, 1.54) is 5.56 Å². The summed E-state index contributed by atoms with van der Waals surface area (Å²) in [5.41, 5.74) is 2.73. The van der Waals surface area contributed by atoms with Gasteiger partial charge in [0, 0.05) is 12.1 Å². The smallest absolute Gasteiger partial charge is 0.295 e. The normalized spacial score (nSPS) is 17.9. The summed E-state index contributed by atoms with van der Waals surface area (Å²) in [7, 11) is 3.97. The van der Waals surface area contributed by atoms with Gasteiger partial charge < -0.3 is 14.9 Å². The van der Waals surface area contributed by atoms with Crippen LogP contribution in [0, 0.1) is 0 Å². The number of hydrogen-bond acceptors (Lipinski definition) is 4. The Bertz CT molecular complexity index is 1240. The van der Waals surface area contributed by atoms with E-state index in [-0.39, 0.29) is 11.3 Å². The Kier molecular flexibility index (Phi) is 6.85. The van der Waals surface area contributed by atoms with Crippen molar-refractivity contribution in [2.24, 2.45) is 0 Å². The van der Waals surface area contributed by atoms with Gasteiger partial charge in [0.1, 0.15) is 5.76 Å². The molecular weight excluding hydrogens is 424 g/mol. The van der Waals surface area contributed by atoms with Crippen molar-refractivity contribution in [2.75, 3.05) is 27.2 Å². The minimum atomic E-state index is -0.631. The van der Waals surface area contributed by atoms with E-state index in [0.717, 1.165) is 29.3 Å². The van der Waals surface area contributed by atoms with Crippen molar-refractivity contribution in [1.82, 2.24) is 9.80 Å². The lowest BCUT2D eigenvalue weighted by atomic mass is 9.92. The first kappa shape index (κ1) is 23.7. The van der Waals surface area contributed by atoms with Crippen molar-refractivity contribution < 1.29 is 14.7 Å². The van der Waals surface area contributed by atoms with Crippen LogP contribution in [0.5, 0.6) is 0 Å². The second-order valence-corrected chi connectivity index (χ2v) is 9.50. The molecule has 1 aliphatic heterocycles. The van der Waals surface area contributed by atoms with Gasteiger partial charge in [0.15, 0.2) is 0 Å². The number of ketones is 1. The maximum absolute atomic E-state index is 13.3. The Morgan fingerprint density at radius 1 is 0.971 bits per heavy atom. The van der Waals surface area contributed by atoms with Gasteiger partial charge in [0.2, 0.25) is 0 Å². The second kappa shape index (κ2) is 9.82. The van der Waals surface area contributed by atoms with Gasteiger partial charge in [-0.15, -0.1) is 0 Å². The van der Waals surface area contributed by atoms with Gasteiger partial charge in [0.05, 0.1) is 11.6 Å². The van der Waals surface area contributed by atoms with Gasteiger partial charge in [-0.05, 0) is 54.9 Å². The molecule has 1 N–H and O–H groups in total. The average Bonchev–Trinajstić information content (AvgIpc) is 3.08. The molecule has 0 spiro atoms. The summed E-state index contributed by atoms with van der Waals surface area (Å²) >= 11 is 0. The summed E-state index contributed by atoms with van der Waals surface area (Å²) in [6, 6.07) is 20.8. The van der Waals surface area contributed by atoms with E-state index in [1.54, 1.807) is 11.0 Å². The highest BCUT2D eigenvalue weighted by Gasteiger charge is 2.45. The summed E-state index contributed by atoms with van der Waals surface area (Å²) in [6.07, 6.45) is 0.731. The van der Waals surface area contributed by atoms with Gasteiger partial charge in [-0.3, -0.25) is 9.59 Å². The fraction of sp³-hybridized carbons (Fsp3) is 0.310. The van der Waals surface area contributed by atoms with Gasteiger partial charge in [-0.2, -0.15) is 0 Å². The SMILES string of the molecule is CC(C)c1ccc(C2/C(=C(/O)c3cccc4ccccc34)C(=O)C(=O)N2CCCN(C)C)cc1. The largest absolute Gasteiger partial charge is 0.507 e. The number of fused-ring (bicyclic) bond motifs is 1. The molecule has 1 aliphatic rings. The van der Waals surface area contributed by atoms with E-state index >= 15 is 0 Å². The molecule has 0 radical (unpaired) electrons. The Balaban J connectivity index is 1.86. The van der Waals surface area contributed by atoms with Crippen LogP contribution in [0.1, 0.15) is 48.9 Å². The van der Waals surface area contributed by atoms with E-state index < -0.39 is 17.7 Å². The molecule has 0 bridgehead atoms. The first-order valence-corrected chi connectivity index (χ1v) is 11.8. The molecule has 4 rings (SSSR count). The highest BCUT2D eigenvalue weighted by atomic mass is 16.3. The van der Waals surface area contributed by atoms with Crippen molar-refractivity contribution in [3.8, 4) is 0 Å². The van der Waals surface area contributed by atoms with Gasteiger partial charge >= 0.3 is 0 Å². The Morgan fingerprint density at radius 2 is 1.65 bits per heavy atom. The molecule has 0 aromatic heterocycles. The number of nitrogens with zero attached hydrogens (tertiary/aromatic N) is 2. The molecule has 0 saturated carbocycles. The van der Waals surface area contributed by atoms with Crippen LogP contribution in [0.3, 0.4) is 0 Å². The number of hydrogen-bond donors (Lipinski definition) is 1. The van der Waals surface area contributed by atoms with Crippen LogP contribution in [0.25, 0.3) is 16.5 Å². The molecule has 1 fully saturated rings. The number of carbonyl (C=O) groups is 2. The van der Waals surface area contributed by atoms with E-state index in [9.17, 15) is 14.7 Å². The molecule has 1 heterocycles. The van der Waals surface area contributed by atoms with Crippen molar-refractivity contribution in [1.29, 1.82) is 0 Å². The molecular formula is C29H32N2O3. The molecule has 1 unspecified atom stereocenters. The number of benzene rings is 3. The number of Topliss-reactive ketones (excluding diaryl/α,β-unsaturated/α-hetero) is 1. The van der Waals surface area contributed by atoms with Crippen molar-refractivity contribution in [3.63, 3.8) is 0 Å². The zero-order valence-corrected chi connectivity index (χ0v) is 20.3. The quantitative estimate of drug-likeness (QED) is 0.296. The Labute approximate surface area is 201 Å². The minimum absolute atomic E-state index is 0.122. The minimum Gasteiger partial charge on any atom is -0.507 e. The molecule has 0 aliphatic carbocycles. The number of rotatable bonds is 7. The molecule has 1 atom stereocenters. The Morgan fingerprint density at radius 3 is 2.32 bits per heavy atom.